The standard InChI is InChI=1S/C21H22N2O4S/c1-4-27-16-7-5-15(6-8-16)23-20(24)17-9-13-10-18(25-2)19(26-3)11-14(13)12-22(17)21(23)28/h5-8,10-11,17H,4,9,12H2,1-3H3. The lowest BCUT2D eigenvalue weighted by Crippen LogP contribution is -2.40. The molecule has 2 aliphatic heterocycles. The van der Waals surface area contributed by atoms with E-state index in [0.717, 1.165) is 22.6 Å². The van der Waals surface area contributed by atoms with E-state index in [0.29, 0.717) is 36.2 Å². The van der Waals surface area contributed by atoms with Crippen molar-refractivity contribution >= 4 is 28.9 Å². The average molecular weight is 398 g/mol. The molecule has 2 heterocycles. The van der Waals surface area contributed by atoms with Crippen LogP contribution in [0.1, 0.15) is 18.1 Å². The Bertz CT molecular complexity index is 878. The van der Waals surface area contributed by atoms with Gasteiger partial charge in [0.15, 0.2) is 16.6 Å². The number of anilines is 1. The highest BCUT2D eigenvalue weighted by molar-refractivity contribution is 7.80. The van der Waals surface area contributed by atoms with Crippen LogP contribution in [0.25, 0.3) is 0 Å². The summed E-state index contributed by atoms with van der Waals surface area (Å²) in [7, 11) is 3.23. The molecule has 28 heavy (non-hydrogen) atoms. The molecule has 4 rings (SSSR count). The summed E-state index contributed by atoms with van der Waals surface area (Å²) in [5, 5.41) is 0.527. The van der Waals surface area contributed by atoms with Gasteiger partial charge in [0.05, 0.1) is 26.5 Å². The van der Waals surface area contributed by atoms with Crippen LogP contribution in [-0.2, 0) is 17.8 Å². The van der Waals surface area contributed by atoms with Gasteiger partial charge in [-0.3, -0.25) is 9.69 Å². The molecule has 6 nitrogen and oxygen atoms in total. The predicted molar refractivity (Wildman–Crippen MR) is 110 cm³/mol. The minimum Gasteiger partial charge on any atom is -0.494 e. The number of methoxy groups -OCH3 is 2. The van der Waals surface area contributed by atoms with Crippen LogP contribution in [0, 0.1) is 0 Å². The largest absolute Gasteiger partial charge is 0.494 e. The number of nitrogens with zero attached hydrogens (tertiary/aromatic N) is 2. The Morgan fingerprint density at radius 1 is 1.07 bits per heavy atom. The van der Waals surface area contributed by atoms with Gasteiger partial charge in [-0.1, -0.05) is 0 Å². The second-order valence-electron chi connectivity index (χ2n) is 6.71. The maximum absolute atomic E-state index is 13.2. The van der Waals surface area contributed by atoms with E-state index in [1.165, 1.54) is 0 Å². The SMILES string of the molecule is CCOc1ccc(N2C(=O)C3Cc4cc(OC)c(OC)cc4CN3C2=S)cc1. The number of rotatable bonds is 5. The molecule has 0 N–H and O–H groups in total. The third-order valence-corrected chi connectivity index (χ3v) is 5.60. The number of thiocarbonyl (C=S) groups is 1. The van der Waals surface area contributed by atoms with Gasteiger partial charge < -0.3 is 19.1 Å². The summed E-state index contributed by atoms with van der Waals surface area (Å²) in [5.74, 6) is 2.12. The minimum absolute atomic E-state index is 0.00500. The minimum atomic E-state index is -0.301. The van der Waals surface area contributed by atoms with Gasteiger partial charge in [-0.15, -0.1) is 0 Å². The monoisotopic (exact) mass is 398 g/mol. The molecule has 1 amide bonds. The van der Waals surface area contributed by atoms with Crippen molar-refractivity contribution < 1.29 is 19.0 Å². The Balaban J connectivity index is 1.64. The van der Waals surface area contributed by atoms with E-state index in [1.807, 2.05) is 48.2 Å². The Kier molecular flexibility index (Phi) is 4.85. The molecule has 2 aromatic rings. The molecule has 0 radical (unpaired) electrons. The van der Waals surface area contributed by atoms with Crippen LogP contribution < -0.4 is 19.1 Å². The summed E-state index contributed by atoms with van der Waals surface area (Å²) in [6.07, 6.45) is 0.586. The van der Waals surface area contributed by atoms with E-state index in [-0.39, 0.29) is 11.9 Å². The van der Waals surface area contributed by atoms with Crippen LogP contribution in [0.4, 0.5) is 5.69 Å². The third-order valence-electron chi connectivity index (χ3n) is 5.18. The quantitative estimate of drug-likeness (QED) is 0.721. The number of benzene rings is 2. The van der Waals surface area contributed by atoms with Gasteiger partial charge in [-0.05, 0) is 66.7 Å². The van der Waals surface area contributed by atoms with E-state index in [1.54, 1.807) is 19.1 Å². The first kappa shape index (κ1) is 18.6. The zero-order valence-electron chi connectivity index (χ0n) is 16.1. The maximum Gasteiger partial charge on any atom is 0.256 e. The molecule has 146 valence electrons. The van der Waals surface area contributed by atoms with Gasteiger partial charge in [0.2, 0.25) is 0 Å². The van der Waals surface area contributed by atoms with E-state index < -0.39 is 0 Å². The second-order valence-corrected chi connectivity index (χ2v) is 7.07. The van der Waals surface area contributed by atoms with Crippen molar-refractivity contribution in [1.82, 2.24) is 4.90 Å². The van der Waals surface area contributed by atoms with Gasteiger partial charge in [-0.25, -0.2) is 0 Å². The highest BCUT2D eigenvalue weighted by atomic mass is 32.1. The van der Waals surface area contributed by atoms with Crippen LogP contribution in [0.5, 0.6) is 17.2 Å². The van der Waals surface area contributed by atoms with Gasteiger partial charge in [0, 0.05) is 13.0 Å². The fraction of sp³-hybridized carbons (Fsp3) is 0.333. The normalized spacial score (nSPS) is 18.0. The Morgan fingerprint density at radius 3 is 2.32 bits per heavy atom. The molecule has 0 bridgehead atoms. The van der Waals surface area contributed by atoms with E-state index in [4.69, 9.17) is 26.4 Å². The molecule has 2 aromatic carbocycles. The molecule has 1 atom stereocenters. The molecule has 2 aliphatic rings. The van der Waals surface area contributed by atoms with Crippen LogP contribution in [0.3, 0.4) is 0 Å². The molecular weight excluding hydrogens is 376 g/mol. The maximum atomic E-state index is 13.2. The molecule has 0 saturated carbocycles. The smallest absolute Gasteiger partial charge is 0.256 e. The van der Waals surface area contributed by atoms with Crippen LogP contribution in [-0.4, -0.2) is 42.8 Å². The lowest BCUT2D eigenvalue weighted by molar-refractivity contribution is -0.120. The summed E-state index contributed by atoms with van der Waals surface area (Å²) < 4.78 is 16.3. The van der Waals surface area contributed by atoms with Gasteiger partial charge in [0.25, 0.3) is 5.91 Å². The molecular formula is C21H22N2O4S. The summed E-state index contributed by atoms with van der Waals surface area (Å²) in [5.41, 5.74) is 2.94. The van der Waals surface area contributed by atoms with Gasteiger partial charge >= 0.3 is 0 Å². The molecule has 1 unspecified atom stereocenters. The van der Waals surface area contributed by atoms with Crippen LogP contribution in [0.2, 0.25) is 0 Å². The molecule has 1 saturated heterocycles. The summed E-state index contributed by atoms with van der Waals surface area (Å²) in [6.45, 7) is 3.10. The Morgan fingerprint density at radius 2 is 1.71 bits per heavy atom. The number of hydrogen-bond acceptors (Lipinski definition) is 5. The molecule has 0 spiro atoms. The summed E-state index contributed by atoms with van der Waals surface area (Å²) in [4.78, 5) is 16.8. The highest BCUT2D eigenvalue weighted by Crippen LogP contribution is 2.38. The van der Waals surface area contributed by atoms with Crippen LogP contribution >= 0.6 is 12.2 Å². The van der Waals surface area contributed by atoms with Crippen LogP contribution in [0.15, 0.2) is 36.4 Å². The molecule has 7 heteroatoms. The molecule has 1 fully saturated rings. The predicted octanol–water partition coefficient (Wildman–Crippen LogP) is 3.16. The third kappa shape index (κ3) is 2.96. The van der Waals surface area contributed by atoms with Crippen molar-refractivity contribution in [3.63, 3.8) is 0 Å². The molecule has 0 aliphatic carbocycles. The van der Waals surface area contributed by atoms with Gasteiger partial charge in [-0.2, -0.15) is 0 Å². The van der Waals surface area contributed by atoms with Crippen molar-refractivity contribution in [1.29, 1.82) is 0 Å². The van der Waals surface area contributed by atoms with E-state index >= 15 is 0 Å². The number of amides is 1. The van der Waals surface area contributed by atoms with Crippen molar-refractivity contribution in [3.8, 4) is 17.2 Å². The van der Waals surface area contributed by atoms with Crippen molar-refractivity contribution in [3.05, 3.63) is 47.5 Å². The first-order valence-electron chi connectivity index (χ1n) is 9.18. The Hall–Kier alpha value is -2.80. The average Bonchev–Trinajstić information content (AvgIpc) is 2.96. The number of hydrogen-bond donors (Lipinski definition) is 0. The zero-order valence-corrected chi connectivity index (χ0v) is 16.9. The summed E-state index contributed by atoms with van der Waals surface area (Å²) >= 11 is 5.66. The van der Waals surface area contributed by atoms with Crippen molar-refractivity contribution in [2.75, 3.05) is 25.7 Å². The van der Waals surface area contributed by atoms with Gasteiger partial charge in [0.1, 0.15) is 11.8 Å². The number of carbonyl (C=O) groups is 1. The first-order valence-corrected chi connectivity index (χ1v) is 9.59. The van der Waals surface area contributed by atoms with E-state index in [2.05, 4.69) is 0 Å². The lowest BCUT2D eigenvalue weighted by atomic mass is 9.94. The fourth-order valence-corrected chi connectivity index (χ4v) is 4.19. The topological polar surface area (TPSA) is 51.2 Å². The van der Waals surface area contributed by atoms with E-state index in [9.17, 15) is 4.79 Å². The van der Waals surface area contributed by atoms with Crippen molar-refractivity contribution in [2.24, 2.45) is 0 Å². The zero-order chi connectivity index (χ0) is 19.8. The van der Waals surface area contributed by atoms with Crippen molar-refractivity contribution in [2.45, 2.75) is 25.9 Å². The first-order chi connectivity index (χ1) is 13.6. The number of carbonyl (C=O) groups excluding carboxylic acids is 1. The molecule has 0 aromatic heterocycles. The number of fused-ring (bicyclic) bond motifs is 2. The summed E-state index contributed by atoms with van der Waals surface area (Å²) in [6, 6.07) is 11.1. The highest BCUT2D eigenvalue weighted by Gasteiger charge is 2.45. The number of ether oxygens (including phenoxy) is 3. The Labute approximate surface area is 169 Å². The lowest BCUT2D eigenvalue weighted by Gasteiger charge is -2.31. The second kappa shape index (κ2) is 7.31. The fourth-order valence-electron chi connectivity index (χ4n) is 3.80.